The summed E-state index contributed by atoms with van der Waals surface area (Å²) < 4.78 is 11.0. The van der Waals surface area contributed by atoms with Gasteiger partial charge in [-0.05, 0) is 55.7 Å². The molecule has 2 N–H and O–H groups in total. The van der Waals surface area contributed by atoms with Crippen LogP contribution in [-0.4, -0.2) is 72.4 Å². The van der Waals surface area contributed by atoms with Crippen molar-refractivity contribution in [2.24, 2.45) is 5.92 Å². The van der Waals surface area contributed by atoms with E-state index in [1.807, 2.05) is 48.5 Å². The number of aryl methyl sites for hydroxylation is 1. The molecule has 0 saturated carbocycles. The first-order valence-corrected chi connectivity index (χ1v) is 15.1. The second-order valence-electron chi connectivity index (χ2n) is 11.7. The number of hydrogen-bond acceptors (Lipinski definition) is 6. The first kappa shape index (κ1) is 34.3. The van der Waals surface area contributed by atoms with Crippen molar-refractivity contribution in [3.63, 3.8) is 0 Å². The Morgan fingerprint density at radius 2 is 1.61 bits per heavy atom. The number of rotatable bonds is 13. The Bertz CT molecular complexity index is 1310. The number of carbonyl (C=O) groups excluding carboxylic acids is 4. The van der Waals surface area contributed by atoms with Crippen LogP contribution in [-0.2, 0) is 36.9 Å². The number of likely N-dealkylation sites (N-methyl/N-ethyl adjacent to an activating group) is 2. The lowest BCUT2D eigenvalue weighted by atomic mass is 9.87. The molecule has 0 aromatic heterocycles. The number of benzene rings is 2. The highest BCUT2D eigenvalue weighted by atomic mass is 16.6. The van der Waals surface area contributed by atoms with Crippen molar-refractivity contribution in [1.82, 2.24) is 20.4 Å². The van der Waals surface area contributed by atoms with Crippen LogP contribution in [0.25, 0.3) is 0 Å². The molecular weight excluding hydrogens is 560 g/mol. The minimum Gasteiger partial charge on any atom is -0.416 e. The number of nitrogens with one attached hydrogen (secondary N) is 2. The molecule has 0 heterocycles. The quantitative estimate of drug-likeness (QED) is 0.328. The van der Waals surface area contributed by atoms with E-state index in [4.69, 9.17) is 9.47 Å². The van der Waals surface area contributed by atoms with Gasteiger partial charge in [0.1, 0.15) is 18.1 Å². The average molecular weight is 607 g/mol. The van der Waals surface area contributed by atoms with Gasteiger partial charge in [-0.3, -0.25) is 19.3 Å². The van der Waals surface area contributed by atoms with Gasteiger partial charge in [0.05, 0.1) is 25.0 Å². The predicted molar refractivity (Wildman–Crippen MR) is 168 cm³/mol. The van der Waals surface area contributed by atoms with Crippen LogP contribution in [0.3, 0.4) is 0 Å². The van der Waals surface area contributed by atoms with E-state index in [0.29, 0.717) is 0 Å². The van der Waals surface area contributed by atoms with Crippen molar-refractivity contribution in [2.45, 2.75) is 77.7 Å². The molecule has 1 aliphatic rings. The van der Waals surface area contributed by atoms with E-state index in [0.717, 1.165) is 35.3 Å². The summed E-state index contributed by atoms with van der Waals surface area (Å²) in [6, 6.07) is 14.6. The summed E-state index contributed by atoms with van der Waals surface area (Å²) >= 11 is 0. The highest BCUT2D eigenvalue weighted by molar-refractivity contribution is 5.94. The second kappa shape index (κ2) is 16.0. The highest BCUT2D eigenvalue weighted by Gasteiger charge is 2.36. The molecule has 10 nitrogen and oxygen atoms in total. The Morgan fingerprint density at radius 3 is 2.27 bits per heavy atom. The van der Waals surface area contributed by atoms with Gasteiger partial charge < -0.3 is 25.0 Å². The first-order valence-electron chi connectivity index (χ1n) is 15.1. The summed E-state index contributed by atoms with van der Waals surface area (Å²) in [6.45, 7) is 10.5. The number of allylic oxidation sites excluding steroid dienone is 1. The summed E-state index contributed by atoms with van der Waals surface area (Å²) in [4.78, 5) is 55.7. The predicted octanol–water partition coefficient (Wildman–Crippen LogP) is 4.36. The Balaban J connectivity index is 1.78. The SMILES string of the molecule is C=C(C)OC(=O)N(C)[C@@H](C)C(=O)N[C@H](C(=O)N(C)[C@@H](COCc1ccccc1)C(=O)NC1CCCc2ccccc21)C(C)C. The van der Waals surface area contributed by atoms with Crippen LogP contribution >= 0.6 is 0 Å². The van der Waals surface area contributed by atoms with E-state index in [-0.39, 0.29) is 36.8 Å². The normalized spacial score (nSPS) is 16.1. The third-order valence-corrected chi connectivity index (χ3v) is 7.93. The fourth-order valence-electron chi connectivity index (χ4n) is 5.11. The van der Waals surface area contributed by atoms with Gasteiger partial charge in [-0.1, -0.05) is 75.0 Å². The number of fused-ring (bicyclic) bond motifs is 1. The van der Waals surface area contributed by atoms with Gasteiger partial charge in [-0.15, -0.1) is 0 Å². The van der Waals surface area contributed by atoms with E-state index in [1.54, 1.807) is 20.9 Å². The molecule has 1 aliphatic carbocycles. The Morgan fingerprint density at radius 1 is 0.955 bits per heavy atom. The molecular formula is C34H46N4O6. The number of nitrogens with zero attached hydrogens (tertiary/aromatic N) is 2. The fourth-order valence-corrected chi connectivity index (χ4v) is 5.11. The van der Waals surface area contributed by atoms with Gasteiger partial charge in [-0.25, -0.2) is 4.79 Å². The van der Waals surface area contributed by atoms with Crippen molar-refractivity contribution in [3.8, 4) is 0 Å². The van der Waals surface area contributed by atoms with Crippen LogP contribution in [0.5, 0.6) is 0 Å². The minimum absolute atomic E-state index is 0.0397. The maximum atomic E-state index is 13.9. The molecule has 2 aromatic rings. The summed E-state index contributed by atoms with van der Waals surface area (Å²) in [6.07, 6.45) is 1.96. The van der Waals surface area contributed by atoms with E-state index in [1.165, 1.54) is 31.4 Å². The lowest BCUT2D eigenvalue weighted by molar-refractivity contribution is -0.145. The molecule has 4 amide bonds. The van der Waals surface area contributed by atoms with E-state index < -0.39 is 36.0 Å². The van der Waals surface area contributed by atoms with Crippen LogP contribution in [0.4, 0.5) is 4.79 Å². The van der Waals surface area contributed by atoms with Crippen LogP contribution in [0.2, 0.25) is 0 Å². The Labute approximate surface area is 260 Å². The molecule has 238 valence electrons. The van der Waals surface area contributed by atoms with E-state index in [2.05, 4.69) is 23.3 Å². The van der Waals surface area contributed by atoms with Gasteiger partial charge >= 0.3 is 6.09 Å². The van der Waals surface area contributed by atoms with Crippen molar-refractivity contribution in [2.75, 3.05) is 20.7 Å². The van der Waals surface area contributed by atoms with Gasteiger partial charge in [0.2, 0.25) is 17.7 Å². The maximum Gasteiger partial charge on any atom is 0.415 e. The van der Waals surface area contributed by atoms with Gasteiger partial charge in [0, 0.05) is 14.1 Å². The zero-order chi connectivity index (χ0) is 32.4. The van der Waals surface area contributed by atoms with Gasteiger partial charge in [0.15, 0.2) is 0 Å². The number of amides is 4. The summed E-state index contributed by atoms with van der Waals surface area (Å²) in [5, 5.41) is 5.95. The van der Waals surface area contributed by atoms with Crippen LogP contribution in [0.15, 0.2) is 66.9 Å². The van der Waals surface area contributed by atoms with Gasteiger partial charge in [-0.2, -0.15) is 0 Å². The third kappa shape index (κ3) is 9.16. The smallest absolute Gasteiger partial charge is 0.415 e. The van der Waals surface area contributed by atoms with Crippen molar-refractivity contribution in [1.29, 1.82) is 0 Å². The molecule has 44 heavy (non-hydrogen) atoms. The average Bonchev–Trinajstić information content (AvgIpc) is 3.00. The second-order valence-corrected chi connectivity index (χ2v) is 11.7. The number of hydrogen-bond donors (Lipinski definition) is 2. The van der Waals surface area contributed by atoms with Crippen molar-refractivity contribution >= 4 is 23.8 Å². The monoisotopic (exact) mass is 606 g/mol. The molecule has 10 heteroatoms. The largest absolute Gasteiger partial charge is 0.416 e. The van der Waals surface area contributed by atoms with E-state index in [9.17, 15) is 19.2 Å². The molecule has 0 saturated heterocycles. The first-order chi connectivity index (χ1) is 20.9. The molecule has 0 spiro atoms. The third-order valence-electron chi connectivity index (χ3n) is 7.93. The zero-order valence-electron chi connectivity index (χ0n) is 26.7. The summed E-state index contributed by atoms with van der Waals surface area (Å²) in [5.74, 6) is -1.43. The maximum absolute atomic E-state index is 13.9. The molecule has 0 fully saturated rings. The summed E-state index contributed by atoms with van der Waals surface area (Å²) in [5.41, 5.74) is 3.23. The van der Waals surface area contributed by atoms with Crippen molar-refractivity contribution in [3.05, 3.63) is 83.6 Å². The number of carbonyl (C=O) groups is 4. The highest BCUT2D eigenvalue weighted by Crippen LogP contribution is 2.29. The Kier molecular flexibility index (Phi) is 12.5. The zero-order valence-corrected chi connectivity index (χ0v) is 26.7. The number of ether oxygens (including phenoxy) is 2. The Hall–Kier alpha value is -4.18. The minimum atomic E-state index is -0.958. The van der Waals surface area contributed by atoms with Gasteiger partial charge in [0.25, 0.3) is 0 Å². The van der Waals surface area contributed by atoms with Crippen molar-refractivity contribution < 1.29 is 28.7 Å². The van der Waals surface area contributed by atoms with Crippen LogP contribution < -0.4 is 10.6 Å². The standard InChI is InChI=1S/C34H46N4O6/c1-22(2)30(36-31(39)24(5)37(6)34(42)44-23(3)4)33(41)38(7)29(21-43-20-25-14-9-8-10-15-25)32(40)35-28-19-13-17-26-16-11-12-18-27(26)28/h8-12,14-16,18,22,24,28-30H,3,13,17,19-21H2,1-2,4-7H3,(H,35,40)(H,36,39)/t24-,28?,29-,30-/m0/s1. The molecule has 0 aliphatic heterocycles. The molecule has 3 rings (SSSR count). The molecule has 0 bridgehead atoms. The lowest BCUT2D eigenvalue weighted by Crippen LogP contribution is -2.59. The molecule has 2 aromatic carbocycles. The van der Waals surface area contributed by atoms with Crippen LogP contribution in [0.1, 0.15) is 63.3 Å². The fraction of sp³-hybridized carbons (Fsp3) is 0.471. The van der Waals surface area contributed by atoms with E-state index >= 15 is 0 Å². The summed E-state index contributed by atoms with van der Waals surface area (Å²) in [7, 11) is 2.98. The molecule has 0 radical (unpaired) electrons. The molecule has 1 unspecified atom stereocenters. The van der Waals surface area contributed by atoms with Crippen LogP contribution in [0, 0.1) is 5.92 Å². The molecule has 4 atom stereocenters. The topological polar surface area (TPSA) is 117 Å². The lowest BCUT2D eigenvalue weighted by Gasteiger charge is -2.34.